The molecule has 4 rings (SSSR count). The third kappa shape index (κ3) is 4.18. The van der Waals surface area contributed by atoms with Crippen molar-refractivity contribution in [3.05, 3.63) is 59.5 Å². The van der Waals surface area contributed by atoms with E-state index in [-0.39, 0.29) is 29.8 Å². The Bertz CT molecular complexity index is 1070. The minimum absolute atomic E-state index is 0.0881. The average Bonchev–Trinajstić information content (AvgIpc) is 3.46. The third-order valence-electron chi connectivity index (χ3n) is 6.78. The molecule has 1 aromatic carbocycles. The Hall–Kier alpha value is -3.62. The summed E-state index contributed by atoms with van der Waals surface area (Å²) in [7, 11) is 1.28. The normalized spacial score (nSPS) is 21.0. The largest absolute Gasteiger partial charge is 0.467 e. The number of carbonyl (C=O) groups excluding carboxylic acids is 4. The molecule has 2 fully saturated rings. The summed E-state index contributed by atoms with van der Waals surface area (Å²) in [6.07, 6.45) is 3.89. The summed E-state index contributed by atoms with van der Waals surface area (Å²) < 4.78 is 10.1. The second-order valence-electron chi connectivity index (χ2n) is 8.73. The van der Waals surface area contributed by atoms with Crippen molar-refractivity contribution in [2.45, 2.75) is 44.7 Å². The summed E-state index contributed by atoms with van der Waals surface area (Å²) in [6, 6.07) is 9.62. The number of esters is 1. The van der Waals surface area contributed by atoms with E-state index in [2.05, 4.69) is 5.32 Å². The van der Waals surface area contributed by atoms with Crippen molar-refractivity contribution in [2.24, 2.45) is 5.92 Å². The molecule has 3 heterocycles. The molecule has 1 N–H and O–H groups in total. The lowest BCUT2D eigenvalue weighted by Gasteiger charge is -2.41. The molecule has 2 saturated heterocycles. The van der Waals surface area contributed by atoms with Crippen molar-refractivity contribution in [1.29, 1.82) is 0 Å². The lowest BCUT2D eigenvalue weighted by atomic mass is 9.74. The molecule has 0 spiro atoms. The SMILES string of the molecule is CCCC1(C2CCN(C(=O)c3ccccc3C(=O)OC)CC2)NC(=O)N(Cc2ccco2)C1=O. The summed E-state index contributed by atoms with van der Waals surface area (Å²) in [5.41, 5.74) is -0.463. The summed E-state index contributed by atoms with van der Waals surface area (Å²) >= 11 is 0. The first-order valence-electron chi connectivity index (χ1n) is 11.5. The van der Waals surface area contributed by atoms with Gasteiger partial charge in [-0.05, 0) is 49.4 Å². The van der Waals surface area contributed by atoms with Crippen LogP contribution in [0.4, 0.5) is 4.79 Å². The predicted octanol–water partition coefficient (Wildman–Crippen LogP) is 3.21. The quantitative estimate of drug-likeness (QED) is 0.495. The Labute approximate surface area is 198 Å². The molecule has 2 aromatic rings. The molecule has 9 nitrogen and oxygen atoms in total. The minimum atomic E-state index is -0.989. The molecule has 180 valence electrons. The minimum Gasteiger partial charge on any atom is -0.467 e. The molecular weight excluding hydrogens is 438 g/mol. The first kappa shape index (κ1) is 23.5. The zero-order chi connectivity index (χ0) is 24.3. The van der Waals surface area contributed by atoms with Crippen molar-refractivity contribution in [1.82, 2.24) is 15.1 Å². The molecule has 9 heteroatoms. The van der Waals surface area contributed by atoms with E-state index in [9.17, 15) is 19.2 Å². The van der Waals surface area contributed by atoms with Crippen molar-refractivity contribution in [3.63, 3.8) is 0 Å². The van der Waals surface area contributed by atoms with Crippen molar-refractivity contribution < 1.29 is 28.3 Å². The standard InChI is InChI=1S/C25H29N3O6/c1-3-12-25(23(31)28(24(32)26-25)16-18-7-6-15-34-18)17-10-13-27(14-11-17)21(29)19-8-4-5-9-20(19)22(30)33-2/h4-9,15,17H,3,10-14,16H2,1-2H3,(H,26,32). The van der Waals surface area contributed by atoms with Gasteiger partial charge in [0.1, 0.15) is 11.3 Å². The van der Waals surface area contributed by atoms with Crippen LogP contribution in [0.25, 0.3) is 0 Å². The Morgan fingerprint density at radius 2 is 1.82 bits per heavy atom. The zero-order valence-electron chi connectivity index (χ0n) is 19.4. The Balaban J connectivity index is 1.49. The number of hydrogen-bond donors (Lipinski definition) is 1. The van der Waals surface area contributed by atoms with Crippen LogP contribution in [0.3, 0.4) is 0 Å². The fraction of sp³-hybridized carbons (Fsp3) is 0.440. The van der Waals surface area contributed by atoms with E-state index in [1.165, 1.54) is 18.3 Å². The van der Waals surface area contributed by atoms with E-state index in [0.29, 0.717) is 43.7 Å². The summed E-state index contributed by atoms with van der Waals surface area (Å²) in [4.78, 5) is 54.5. The maximum Gasteiger partial charge on any atom is 0.338 e. The van der Waals surface area contributed by atoms with Crippen LogP contribution in [0.2, 0.25) is 0 Å². The molecule has 2 aliphatic heterocycles. The first-order chi connectivity index (χ1) is 16.4. The maximum atomic E-state index is 13.5. The van der Waals surface area contributed by atoms with E-state index in [1.807, 2.05) is 6.92 Å². The van der Waals surface area contributed by atoms with E-state index < -0.39 is 17.5 Å². The summed E-state index contributed by atoms with van der Waals surface area (Å²) in [5.74, 6) is -0.607. The third-order valence-corrected chi connectivity index (χ3v) is 6.78. The second kappa shape index (κ2) is 9.70. The van der Waals surface area contributed by atoms with Crippen LogP contribution in [0, 0.1) is 5.92 Å². The van der Waals surface area contributed by atoms with E-state index in [4.69, 9.17) is 9.15 Å². The number of ether oxygens (including phenoxy) is 1. The first-order valence-corrected chi connectivity index (χ1v) is 11.5. The van der Waals surface area contributed by atoms with Gasteiger partial charge in [-0.1, -0.05) is 25.5 Å². The van der Waals surface area contributed by atoms with Crippen LogP contribution in [-0.2, 0) is 16.1 Å². The second-order valence-corrected chi connectivity index (χ2v) is 8.73. The smallest absolute Gasteiger partial charge is 0.338 e. The number of urea groups is 1. The number of methoxy groups -OCH3 is 1. The number of amides is 4. The molecule has 2 aliphatic rings. The van der Waals surface area contributed by atoms with Crippen LogP contribution in [0.15, 0.2) is 47.1 Å². The molecule has 0 radical (unpaired) electrons. The highest BCUT2D eigenvalue weighted by atomic mass is 16.5. The van der Waals surface area contributed by atoms with Gasteiger partial charge >= 0.3 is 12.0 Å². The number of hydrogen-bond acceptors (Lipinski definition) is 6. The van der Waals surface area contributed by atoms with Gasteiger partial charge in [-0.2, -0.15) is 0 Å². The molecule has 4 amide bonds. The highest BCUT2D eigenvalue weighted by Gasteiger charge is 2.55. The van der Waals surface area contributed by atoms with Crippen LogP contribution >= 0.6 is 0 Å². The molecule has 0 saturated carbocycles. The van der Waals surface area contributed by atoms with Gasteiger partial charge in [0.2, 0.25) is 0 Å². The van der Waals surface area contributed by atoms with Gasteiger partial charge in [-0.3, -0.25) is 14.5 Å². The van der Waals surface area contributed by atoms with Gasteiger partial charge < -0.3 is 19.4 Å². The van der Waals surface area contributed by atoms with E-state index in [1.54, 1.807) is 41.3 Å². The number of imide groups is 1. The fourth-order valence-corrected chi connectivity index (χ4v) is 5.09. The molecule has 34 heavy (non-hydrogen) atoms. The van der Waals surface area contributed by atoms with Crippen molar-refractivity contribution in [2.75, 3.05) is 20.2 Å². The Morgan fingerprint density at radius 3 is 2.44 bits per heavy atom. The fourth-order valence-electron chi connectivity index (χ4n) is 5.09. The molecule has 0 aliphatic carbocycles. The highest BCUT2D eigenvalue weighted by Crippen LogP contribution is 2.38. The van der Waals surface area contributed by atoms with Gasteiger partial charge in [-0.25, -0.2) is 9.59 Å². The van der Waals surface area contributed by atoms with Gasteiger partial charge in [-0.15, -0.1) is 0 Å². The van der Waals surface area contributed by atoms with Gasteiger partial charge in [0.15, 0.2) is 0 Å². The molecule has 1 atom stereocenters. The van der Waals surface area contributed by atoms with Crippen molar-refractivity contribution >= 4 is 23.8 Å². The van der Waals surface area contributed by atoms with Crippen LogP contribution in [0.5, 0.6) is 0 Å². The van der Waals surface area contributed by atoms with E-state index >= 15 is 0 Å². The monoisotopic (exact) mass is 467 g/mol. The topological polar surface area (TPSA) is 109 Å². The average molecular weight is 468 g/mol. The number of rotatable bonds is 7. The maximum absolute atomic E-state index is 13.5. The Kier molecular flexibility index (Phi) is 6.72. The molecule has 1 unspecified atom stereocenters. The number of piperidine rings is 1. The zero-order valence-corrected chi connectivity index (χ0v) is 19.4. The molecule has 0 bridgehead atoms. The van der Waals surface area contributed by atoms with Gasteiger partial charge in [0.25, 0.3) is 11.8 Å². The Morgan fingerprint density at radius 1 is 1.12 bits per heavy atom. The number of carbonyl (C=O) groups is 4. The van der Waals surface area contributed by atoms with Crippen LogP contribution in [-0.4, -0.2) is 59.4 Å². The lowest BCUT2D eigenvalue weighted by Crippen LogP contribution is -2.56. The number of furan rings is 1. The van der Waals surface area contributed by atoms with Gasteiger partial charge in [0, 0.05) is 13.1 Å². The number of benzene rings is 1. The number of likely N-dealkylation sites (tertiary alicyclic amines) is 1. The summed E-state index contributed by atoms with van der Waals surface area (Å²) in [6.45, 7) is 2.92. The number of nitrogens with zero attached hydrogens (tertiary/aromatic N) is 2. The van der Waals surface area contributed by atoms with Crippen LogP contribution in [0.1, 0.15) is 59.1 Å². The highest BCUT2D eigenvalue weighted by molar-refractivity contribution is 6.07. The van der Waals surface area contributed by atoms with Crippen LogP contribution < -0.4 is 5.32 Å². The predicted molar refractivity (Wildman–Crippen MR) is 122 cm³/mol. The molecule has 1 aromatic heterocycles. The molecular formula is C25H29N3O6. The van der Waals surface area contributed by atoms with Gasteiger partial charge in [0.05, 0.1) is 31.0 Å². The lowest BCUT2D eigenvalue weighted by molar-refractivity contribution is -0.134. The summed E-state index contributed by atoms with van der Waals surface area (Å²) in [5, 5.41) is 2.99. The number of nitrogens with one attached hydrogen (secondary N) is 1. The van der Waals surface area contributed by atoms with E-state index in [0.717, 1.165) is 6.42 Å². The van der Waals surface area contributed by atoms with Crippen molar-refractivity contribution in [3.8, 4) is 0 Å².